The van der Waals surface area contributed by atoms with E-state index in [-0.39, 0.29) is 12.4 Å². The summed E-state index contributed by atoms with van der Waals surface area (Å²) in [5.41, 5.74) is 6.21. The average molecular weight is 261 g/mol. The van der Waals surface area contributed by atoms with E-state index in [0.717, 1.165) is 27.5 Å². The third-order valence-electron chi connectivity index (χ3n) is 2.00. The van der Waals surface area contributed by atoms with Crippen LogP contribution in [0.1, 0.15) is 0 Å². The van der Waals surface area contributed by atoms with Crippen LogP contribution in [0.4, 0.5) is 0 Å². The zero-order chi connectivity index (χ0) is 10.7. The summed E-state index contributed by atoms with van der Waals surface area (Å²) in [6.45, 7) is 0.628. The molecule has 4 nitrogen and oxygen atoms in total. The summed E-state index contributed by atoms with van der Waals surface area (Å²) in [5.74, 6) is 1.64. The van der Waals surface area contributed by atoms with E-state index in [4.69, 9.17) is 15.0 Å². The third-order valence-corrected chi connectivity index (χ3v) is 3.01. The lowest BCUT2D eigenvalue weighted by Gasteiger charge is -1.98. The normalized spacial score (nSPS) is 10.1. The quantitative estimate of drug-likeness (QED) is 0.855. The molecule has 1 heterocycles. The van der Waals surface area contributed by atoms with Gasteiger partial charge in [-0.1, -0.05) is 5.16 Å². The number of methoxy groups -OCH3 is 1. The number of hydrogen-bond acceptors (Lipinski definition) is 5. The van der Waals surface area contributed by atoms with Crippen molar-refractivity contribution >= 4 is 35.1 Å². The first kappa shape index (κ1) is 13.2. The summed E-state index contributed by atoms with van der Waals surface area (Å²) in [6.07, 6.45) is 0. The van der Waals surface area contributed by atoms with Gasteiger partial charge in [0.05, 0.1) is 12.5 Å². The largest absolute Gasteiger partial charge is 0.497 e. The Bertz CT molecular complexity index is 461. The van der Waals surface area contributed by atoms with E-state index in [1.54, 1.807) is 18.9 Å². The highest BCUT2D eigenvalue weighted by molar-refractivity contribution is 7.99. The van der Waals surface area contributed by atoms with E-state index in [2.05, 4.69) is 5.16 Å². The van der Waals surface area contributed by atoms with Gasteiger partial charge in [-0.05, 0) is 18.2 Å². The number of aromatic nitrogens is 1. The number of thioether (sulfide) groups is 1. The van der Waals surface area contributed by atoms with Crippen LogP contribution in [-0.2, 0) is 0 Å². The molecule has 6 heteroatoms. The van der Waals surface area contributed by atoms with Gasteiger partial charge in [0.25, 0.3) is 0 Å². The fraction of sp³-hybridized carbons (Fsp3) is 0.300. The van der Waals surface area contributed by atoms with E-state index in [1.807, 2.05) is 18.2 Å². The minimum absolute atomic E-state index is 0. The second-order valence-corrected chi connectivity index (χ2v) is 4.07. The van der Waals surface area contributed by atoms with Gasteiger partial charge in [-0.15, -0.1) is 24.2 Å². The molecule has 2 rings (SSSR count). The molecule has 0 saturated carbocycles. The Hall–Kier alpha value is -0.910. The van der Waals surface area contributed by atoms with Gasteiger partial charge in [-0.25, -0.2) is 0 Å². The highest BCUT2D eigenvalue weighted by atomic mass is 35.5. The number of fused-ring (bicyclic) bond motifs is 1. The molecule has 0 aliphatic rings. The fourth-order valence-corrected chi connectivity index (χ4v) is 2.00. The molecular formula is C10H13ClN2O2S. The Morgan fingerprint density at radius 1 is 1.50 bits per heavy atom. The molecule has 0 amide bonds. The van der Waals surface area contributed by atoms with Crippen molar-refractivity contribution in [2.24, 2.45) is 5.73 Å². The maximum Gasteiger partial charge on any atom is 0.168 e. The van der Waals surface area contributed by atoms with Gasteiger partial charge >= 0.3 is 0 Å². The van der Waals surface area contributed by atoms with Crippen molar-refractivity contribution in [2.45, 2.75) is 5.03 Å². The molecule has 0 bridgehead atoms. The molecule has 0 atom stereocenters. The summed E-state index contributed by atoms with van der Waals surface area (Å²) in [7, 11) is 1.64. The SMILES string of the molecule is COc1ccc2onc(SCCN)c2c1.Cl. The highest BCUT2D eigenvalue weighted by Gasteiger charge is 2.08. The number of ether oxygens (including phenoxy) is 1. The first-order valence-electron chi connectivity index (χ1n) is 4.61. The smallest absolute Gasteiger partial charge is 0.168 e. The first-order valence-corrected chi connectivity index (χ1v) is 5.60. The maximum absolute atomic E-state index is 5.44. The number of rotatable bonds is 4. The van der Waals surface area contributed by atoms with Crippen LogP contribution in [0.2, 0.25) is 0 Å². The van der Waals surface area contributed by atoms with Crippen molar-refractivity contribution in [1.29, 1.82) is 0 Å². The Balaban J connectivity index is 0.00000128. The molecule has 16 heavy (non-hydrogen) atoms. The average Bonchev–Trinajstić information content (AvgIpc) is 2.68. The van der Waals surface area contributed by atoms with Gasteiger partial charge in [0.15, 0.2) is 5.58 Å². The molecule has 2 aromatic rings. The van der Waals surface area contributed by atoms with E-state index < -0.39 is 0 Å². The molecular weight excluding hydrogens is 248 g/mol. The van der Waals surface area contributed by atoms with Gasteiger partial charge < -0.3 is 15.0 Å². The third kappa shape index (κ3) is 2.61. The van der Waals surface area contributed by atoms with Gasteiger partial charge in [0.2, 0.25) is 0 Å². The first-order chi connectivity index (χ1) is 7.35. The van der Waals surface area contributed by atoms with E-state index >= 15 is 0 Å². The number of hydrogen-bond donors (Lipinski definition) is 1. The zero-order valence-corrected chi connectivity index (χ0v) is 10.4. The van der Waals surface area contributed by atoms with Crippen LogP contribution in [0.3, 0.4) is 0 Å². The van der Waals surface area contributed by atoms with E-state index in [9.17, 15) is 0 Å². The van der Waals surface area contributed by atoms with Crippen LogP contribution in [0.25, 0.3) is 11.0 Å². The van der Waals surface area contributed by atoms with Crippen molar-refractivity contribution in [2.75, 3.05) is 19.4 Å². The predicted octanol–water partition coefficient (Wildman–Crippen LogP) is 2.31. The highest BCUT2D eigenvalue weighted by Crippen LogP contribution is 2.29. The molecule has 0 spiro atoms. The van der Waals surface area contributed by atoms with Gasteiger partial charge in [0.1, 0.15) is 10.8 Å². The van der Waals surface area contributed by atoms with Gasteiger partial charge in [-0.3, -0.25) is 0 Å². The van der Waals surface area contributed by atoms with Crippen LogP contribution in [-0.4, -0.2) is 24.6 Å². The van der Waals surface area contributed by atoms with Crippen molar-refractivity contribution in [3.05, 3.63) is 18.2 Å². The van der Waals surface area contributed by atoms with Crippen LogP contribution in [0.15, 0.2) is 27.7 Å². The van der Waals surface area contributed by atoms with Crippen LogP contribution in [0, 0.1) is 0 Å². The van der Waals surface area contributed by atoms with Crippen molar-refractivity contribution in [1.82, 2.24) is 5.16 Å². The Labute approximate surface area is 104 Å². The topological polar surface area (TPSA) is 61.3 Å². The predicted molar refractivity (Wildman–Crippen MR) is 67.6 cm³/mol. The lowest BCUT2D eigenvalue weighted by Crippen LogP contribution is -2.00. The number of benzene rings is 1. The number of nitrogens with two attached hydrogens (primary N) is 1. The van der Waals surface area contributed by atoms with Crippen molar-refractivity contribution < 1.29 is 9.26 Å². The lowest BCUT2D eigenvalue weighted by molar-refractivity contribution is 0.414. The second-order valence-electron chi connectivity index (χ2n) is 2.99. The summed E-state index contributed by atoms with van der Waals surface area (Å²) >= 11 is 1.59. The van der Waals surface area contributed by atoms with Crippen molar-refractivity contribution in [3.8, 4) is 5.75 Å². The lowest BCUT2D eigenvalue weighted by atomic mass is 10.2. The molecule has 1 aromatic carbocycles. The second kappa shape index (κ2) is 5.98. The minimum Gasteiger partial charge on any atom is -0.497 e. The molecule has 2 N–H and O–H groups in total. The van der Waals surface area contributed by atoms with Crippen LogP contribution >= 0.6 is 24.2 Å². The Morgan fingerprint density at radius 3 is 3.00 bits per heavy atom. The van der Waals surface area contributed by atoms with Gasteiger partial charge in [-0.2, -0.15) is 0 Å². The number of nitrogens with zero attached hydrogens (tertiary/aromatic N) is 1. The molecule has 0 radical (unpaired) electrons. The molecule has 0 saturated heterocycles. The molecule has 88 valence electrons. The summed E-state index contributed by atoms with van der Waals surface area (Å²) in [5, 5.41) is 5.83. The molecule has 0 fully saturated rings. The van der Waals surface area contributed by atoms with Crippen LogP contribution in [0.5, 0.6) is 5.75 Å². The summed E-state index contributed by atoms with van der Waals surface area (Å²) in [4.78, 5) is 0. The Morgan fingerprint density at radius 2 is 2.31 bits per heavy atom. The molecule has 0 aliphatic carbocycles. The fourth-order valence-electron chi connectivity index (χ4n) is 1.28. The molecule has 0 unspecified atom stereocenters. The van der Waals surface area contributed by atoms with E-state index in [1.165, 1.54) is 0 Å². The maximum atomic E-state index is 5.44. The zero-order valence-electron chi connectivity index (χ0n) is 8.80. The monoisotopic (exact) mass is 260 g/mol. The number of halogens is 1. The summed E-state index contributed by atoms with van der Waals surface area (Å²) < 4.78 is 10.3. The van der Waals surface area contributed by atoms with Crippen molar-refractivity contribution in [3.63, 3.8) is 0 Å². The van der Waals surface area contributed by atoms with Gasteiger partial charge in [0, 0.05) is 12.3 Å². The molecule has 0 aliphatic heterocycles. The standard InChI is InChI=1S/C10H12N2O2S.ClH/c1-13-7-2-3-9-8(6-7)10(12-14-9)15-5-4-11;/h2-3,6H,4-5,11H2,1H3;1H. The van der Waals surface area contributed by atoms with Crippen LogP contribution < -0.4 is 10.5 Å². The molecule has 1 aromatic heterocycles. The minimum atomic E-state index is 0. The summed E-state index contributed by atoms with van der Waals surface area (Å²) in [6, 6.07) is 5.63. The Kier molecular flexibility index (Phi) is 4.92. The van der Waals surface area contributed by atoms with E-state index in [0.29, 0.717) is 6.54 Å².